The third-order valence-electron chi connectivity index (χ3n) is 3.95. The van der Waals surface area contributed by atoms with Crippen molar-refractivity contribution in [2.24, 2.45) is 0 Å². The Balaban J connectivity index is 1.81. The van der Waals surface area contributed by atoms with Crippen molar-refractivity contribution >= 4 is 11.7 Å². The number of rotatable bonds is 7. The third kappa shape index (κ3) is 5.94. The molecule has 0 saturated heterocycles. The Morgan fingerprint density at radius 1 is 1.12 bits per heavy atom. The number of anilines is 1. The van der Waals surface area contributed by atoms with E-state index in [1.54, 1.807) is 7.05 Å². The summed E-state index contributed by atoms with van der Waals surface area (Å²) in [6, 6.07) is 19.3. The van der Waals surface area contributed by atoms with E-state index in [1.165, 1.54) is 4.90 Å². The van der Waals surface area contributed by atoms with Gasteiger partial charge >= 0.3 is 6.03 Å². The zero-order valence-corrected chi connectivity index (χ0v) is 14.6. The summed E-state index contributed by atoms with van der Waals surface area (Å²) in [5, 5.41) is 11.5. The minimum atomic E-state index is -0.226. The largest absolute Gasteiger partial charge is 0.372 e. The SMILES string of the molecule is C[C@H](CC#N)N(C)C(=O)Nc1ccc(COCc2ccccc2)cc1. The van der Waals surface area contributed by atoms with E-state index < -0.39 is 0 Å². The molecule has 2 aromatic carbocycles. The molecule has 130 valence electrons. The molecule has 0 aromatic heterocycles. The average Bonchev–Trinajstić information content (AvgIpc) is 2.63. The van der Waals surface area contributed by atoms with Crippen molar-refractivity contribution in [1.29, 1.82) is 5.26 Å². The second-order valence-electron chi connectivity index (χ2n) is 5.93. The van der Waals surface area contributed by atoms with E-state index in [2.05, 4.69) is 11.4 Å². The van der Waals surface area contributed by atoms with E-state index in [0.29, 0.717) is 25.3 Å². The summed E-state index contributed by atoms with van der Waals surface area (Å²) in [4.78, 5) is 13.7. The van der Waals surface area contributed by atoms with Gasteiger partial charge in [-0.25, -0.2) is 4.79 Å². The number of hydrogen-bond acceptors (Lipinski definition) is 3. The second-order valence-corrected chi connectivity index (χ2v) is 5.93. The Labute approximate surface area is 148 Å². The van der Waals surface area contributed by atoms with Crippen LogP contribution in [0.2, 0.25) is 0 Å². The summed E-state index contributed by atoms with van der Waals surface area (Å²) in [5.41, 5.74) is 2.90. The lowest BCUT2D eigenvalue weighted by molar-refractivity contribution is 0.107. The highest BCUT2D eigenvalue weighted by molar-refractivity contribution is 5.89. The van der Waals surface area contributed by atoms with Gasteiger partial charge in [0.1, 0.15) is 0 Å². The molecule has 0 bridgehead atoms. The molecule has 0 fully saturated rings. The number of urea groups is 1. The van der Waals surface area contributed by atoms with Crippen molar-refractivity contribution in [3.63, 3.8) is 0 Å². The monoisotopic (exact) mass is 337 g/mol. The zero-order valence-electron chi connectivity index (χ0n) is 14.6. The van der Waals surface area contributed by atoms with Gasteiger partial charge in [-0.3, -0.25) is 0 Å². The number of nitrogens with zero attached hydrogens (tertiary/aromatic N) is 2. The fraction of sp³-hybridized carbons (Fsp3) is 0.300. The van der Waals surface area contributed by atoms with Crippen LogP contribution >= 0.6 is 0 Å². The molecule has 1 N–H and O–H groups in total. The number of amides is 2. The lowest BCUT2D eigenvalue weighted by atomic mass is 10.2. The molecule has 0 aliphatic rings. The van der Waals surface area contributed by atoms with Crippen LogP contribution in [0.4, 0.5) is 10.5 Å². The van der Waals surface area contributed by atoms with Gasteiger partial charge in [0, 0.05) is 18.8 Å². The van der Waals surface area contributed by atoms with Gasteiger partial charge in [0.05, 0.1) is 25.7 Å². The first-order chi connectivity index (χ1) is 12.1. The van der Waals surface area contributed by atoms with E-state index in [1.807, 2.05) is 61.5 Å². The molecular formula is C20H23N3O2. The van der Waals surface area contributed by atoms with Crippen molar-refractivity contribution in [3.05, 3.63) is 65.7 Å². The maximum absolute atomic E-state index is 12.1. The number of hydrogen-bond donors (Lipinski definition) is 1. The number of carbonyl (C=O) groups excluding carboxylic acids is 1. The average molecular weight is 337 g/mol. The van der Waals surface area contributed by atoms with E-state index in [4.69, 9.17) is 10.00 Å². The third-order valence-corrected chi connectivity index (χ3v) is 3.95. The molecule has 0 saturated carbocycles. The van der Waals surface area contributed by atoms with Gasteiger partial charge in [-0.1, -0.05) is 42.5 Å². The molecule has 0 aliphatic heterocycles. The minimum absolute atomic E-state index is 0.129. The maximum Gasteiger partial charge on any atom is 0.321 e. The Morgan fingerprint density at radius 2 is 1.72 bits per heavy atom. The van der Waals surface area contributed by atoms with Gasteiger partial charge in [0.25, 0.3) is 0 Å². The Bertz CT molecular complexity index is 708. The molecule has 0 radical (unpaired) electrons. The molecule has 1 atom stereocenters. The topological polar surface area (TPSA) is 65.4 Å². The van der Waals surface area contributed by atoms with E-state index in [9.17, 15) is 4.79 Å². The first-order valence-corrected chi connectivity index (χ1v) is 8.21. The fourth-order valence-corrected chi connectivity index (χ4v) is 2.23. The highest BCUT2D eigenvalue weighted by Gasteiger charge is 2.15. The Kier molecular flexibility index (Phi) is 7.00. The fourth-order valence-electron chi connectivity index (χ4n) is 2.23. The molecule has 0 spiro atoms. The predicted molar refractivity (Wildman–Crippen MR) is 97.9 cm³/mol. The molecule has 5 heteroatoms. The van der Waals surface area contributed by atoms with Gasteiger partial charge in [-0.15, -0.1) is 0 Å². The van der Waals surface area contributed by atoms with Crippen LogP contribution in [0.1, 0.15) is 24.5 Å². The molecule has 2 rings (SSSR count). The molecule has 2 aromatic rings. The van der Waals surface area contributed by atoms with Crippen molar-refractivity contribution in [3.8, 4) is 6.07 Å². The maximum atomic E-state index is 12.1. The minimum Gasteiger partial charge on any atom is -0.372 e. The van der Waals surface area contributed by atoms with Gasteiger partial charge in [-0.2, -0.15) is 5.26 Å². The van der Waals surface area contributed by atoms with Crippen LogP contribution in [0, 0.1) is 11.3 Å². The molecule has 2 amide bonds. The van der Waals surface area contributed by atoms with Gasteiger partial charge in [0.15, 0.2) is 0 Å². The van der Waals surface area contributed by atoms with Crippen LogP contribution in [0.15, 0.2) is 54.6 Å². The number of nitrogens with one attached hydrogen (secondary N) is 1. The number of nitriles is 1. The van der Waals surface area contributed by atoms with Crippen LogP contribution in [0.5, 0.6) is 0 Å². The van der Waals surface area contributed by atoms with Crippen molar-refractivity contribution in [2.75, 3.05) is 12.4 Å². The van der Waals surface area contributed by atoms with E-state index in [-0.39, 0.29) is 12.1 Å². The number of benzene rings is 2. The van der Waals surface area contributed by atoms with Crippen LogP contribution in [0.3, 0.4) is 0 Å². The quantitative estimate of drug-likeness (QED) is 0.824. The smallest absolute Gasteiger partial charge is 0.321 e. The lowest BCUT2D eigenvalue weighted by Crippen LogP contribution is -2.38. The standard InChI is InChI=1S/C20H23N3O2/c1-16(12-13-21)23(2)20(24)22-19-10-8-18(9-11-19)15-25-14-17-6-4-3-5-7-17/h3-11,16H,12,14-15H2,1-2H3,(H,22,24)/t16-/m1/s1. The number of carbonyl (C=O) groups is 1. The second kappa shape index (κ2) is 9.45. The first kappa shape index (κ1) is 18.5. The zero-order chi connectivity index (χ0) is 18.1. The summed E-state index contributed by atoms with van der Waals surface area (Å²) in [6.07, 6.45) is 0.307. The summed E-state index contributed by atoms with van der Waals surface area (Å²) >= 11 is 0. The summed E-state index contributed by atoms with van der Waals surface area (Å²) < 4.78 is 5.70. The molecule has 0 heterocycles. The van der Waals surface area contributed by atoms with E-state index in [0.717, 1.165) is 11.1 Å². The van der Waals surface area contributed by atoms with Crippen LogP contribution < -0.4 is 5.32 Å². The van der Waals surface area contributed by atoms with E-state index >= 15 is 0 Å². The van der Waals surface area contributed by atoms with Crippen LogP contribution in [-0.2, 0) is 18.0 Å². The van der Waals surface area contributed by atoms with Crippen molar-refractivity contribution in [2.45, 2.75) is 32.6 Å². The molecular weight excluding hydrogens is 314 g/mol. The summed E-state index contributed by atoms with van der Waals surface area (Å²) in [6.45, 7) is 2.93. The lowest BCUT2D eigenvalue weighted by Gasteiger charge is -2.23. The van der Waals surface area contributed by atoms with Crippen LogP contribution in [0.25, 0.3) is 0 Å². The van der Waals surface area contributed by atoms with Crippen LogP contribution in [-0.4, -0.2) is 24.0 Å². The van der Waals surface area contributed by atoms with Gasteiger partial charge in [0.2, 0.25) is 0 Å². The van der Waals surface area contributed by atoms with Crippen molar-refractivity contribution in [1.82, 2.24) is 4.90 Å². The summed E-state index contributed by atoms with van der Waals surface area (Å²) in [7, 11) is 1.68. The molecule has 0 aliphatic carbocycles. The Hall–Kier alpha value is -2.84. The number of ether oxygens (including phenoxy) is 1. The predicted octanol–water partition coefficient (Wildman–Crippen LogP) is 4.17. The molecule has 25 heavy (non-hydrogen) atoms. The van der Waals surface area contributed by atoms with Crippen molar-refractivity contribution < 1.29 is 9.53 Å². The molecule has 0 unspecified atom stereocenters. The molecule has 5 nitrogen and oxygen atoms in total. The first-order valence-electron chi connectivity index (χ1n) is 8.21. The Morgan fingerprint density at radius 3 is 2.32 bits per heavy atom. The summed E-state index contributed by atoms with van der Waals surface area (Å²) in [5.74, 6) is 0. The van der Waals surface area contributed by atoms with Gasteiger partial charge < -0.3 is 15.0 Å². The highest BCUT2D eigenvalue weighted by Crippen LogP contribution is 2.13. The van der Waals surface area contributed by atoms with Gasteiger partial charge in [-0.05, 0) is 30.2 Å². The highest BCUT2D eigenvalue weighted by atomic mass is 16.5. The normalized spacial score (nSPS) is 11.4.